The van der Waals surface area contributed by atoms with Crippen molar-refractivity contribution < 1.29 is 9.22 Å². The lowest BCUT2D eigenvalue weighted by Gasteiger charge is -2.58. The second-order valence-corrected chi connectivity index (χ2v) is 18.6. The molecule has 0 radical (unpaired) electrons. The summed E-state index contributed by atoms with van der Waals surface area (Å²) in [5.41, 5.74) is 2.28. The van der Waals surface area contributed by atoms with Crippen molar-refractivity contribution in [1.29, 1.82) is 0 Å². The molecule has 0 aromatic heterocycles. The van der Waals surface area contributed by atoms with E-state index in [4.69, 9.17) is 4.43 Å². The number of rotatable bonds is 4. The zero-order valence-corrected chi connectivity index (χ0v) is 22.6. The van der Waals surface area contributed by atoms with Crippen molar-refractivity contribution in [3.63, 3.8) is 0 Å². The van der Waals surface area contributed by atoms with Crippen LogP contribution in [0.25, 0.3) is 0 Å². The van der Waals surface area contributed by atoms with Gasteiger partial charge in [0.2, 0.25) is 0 Å². The number of hydrogen-bond acceptors (Lipinski definition) is 2. The Labute approximate surface area is 193 Å². The van der Waals surface area contributed by atoms with Gasteiger partial charge in [-0.25, -0.2) is 0 Å². The average molecular weight is 445 g/mol. The molecule has 0 aliphatic heterocycles. The highest BCUT2D eigenvalue weighted by Crippen LogP contribution is 2.67. The lowest BCUT2D eigenvalue weighted by molar-refractivity contribution is -0.117. The molecular formula is C28H48O2Si. The van der Waals surface area contributed by atoms with Crippen LogP contribution in [-0.4, -0.2) is 20.7 Å². The van der Waals surface area contributed by atoms with Crippen molar-refractivity contribution in [2.75, 3.05) is 6.61 Å². The van der Waals surface area contributed by atoms with E-state index >= 15 is 0 Å². The van der Waals surface area contributed by atoms with E-state index < -0.39 is 8.32 Å². The van der Waals surface area contributed by atoms with Crippen LogP contribution >= 0.6 is 0 Å². The molecule has 4 aliphatic carbocycles. The van der Waals surface area contributed by atoms with Crippen LogP contribution in [0.3, 0.4) is 0 Å². The summed E-state index contributed by atoms with van der Waals surface area (Å²) < 4.78 is 6.70. The summed E-state index contributed by atoms with van der Waals surface area (Å²) in [6, 6.07) is 0. The quantitative estimate of drug-likeness (QED) is 0.414. The van der Waals surface area contributed by atoms with Gasteiger partial charge in [-0.2, -0.15) is 0 Å². The van der Waals surface area contributed by atoms with E-state index in [2.05, 4.69) is 54.6 Å². The Morgan fingerprint density at radius 2 is 1.77 bits per heavy atom. The molecule has 3 heteroatoms. The molecule has 2 nitrogen and oxygen atoms in total. The van der Waals surface area contributed by atoms with Gasteiger partial charge >= 0.3 is 0 Å². The molecule has 176 valence electrons. The Balaban J connectivity index is 1.48. The lowest BCUT2D eigenvalue weighted by atomic mass is 9.46. The van der Waals surface area contributed by atoms with Gasteiger partial charge < -0.3 is 4.43 Å². The number of carbonyl (C=O) groups excluding carboxylic acids is 1. The highest BCUT2D eigenvalue weighted by Gasteiger charge is 2.59. The second-order valence-electron chi connectivity index (χ2n) is 13.7. The minimum Gasteiger partial charge on any atom is -0.417 e. The number of carbonyl (C=O) groups is 1. The van der Waals surface area contributed by atoms with Crippen molar-refractivity contribution >= 4 is 14.1 Å². The number of ketones is 1. The molecule has 0 aromatic rings. The third-order valence-corrected chi connectivity index (χ3v) is 15.7. The molecule has 31 heavy (non-hydrogen) atoms. The predicted octanol–water partition coefficient (Wildman–Crippen LogP) is 7.79. The van der Waals surface area contributed by atoms with Crippen LogP contribution in [0.5, 0.6) is 0 Å². The first-order valence-electron chi connectivity index (χ1n) is 13.2. The fraction of sp³-hybridized carbons (Fsp3) is 0.893. The topological polar surface area (TPSA) is 26.3 Å². The van der Waals surface area contributed by atoms with Crippen molar-refractivity contribution in [2.24, 2.45) is 40.4 Å². The molecule has 4 aliphatic rings. The fourth-order valence-electron chi connectivity index (χ4n) is 8.21. The maximum Gasteiger partial charge on any atom is 0.191 e. The van der Waals surface area contributed by atoms with Gasteiger partial charge in [0.05, 0.1) is 0 Å². The van der Waals surface area contributed by atoms with Gasteiger partial charge in [0, 0.05) is 13.0 Å². The molecule has 3 fully saturated rings. The summed E-state index contributed by atoms with van der Waals surface area (Å²) in [5, 5.41) is 0.289. The first kappa shape index (κ1) is 23.7. The summed E-state index contributed by atoms with van der Waals surface area (Å²) in [5.74, 6) is 4.39. The molecule has 0 heterocycles. The summed E-state index contributed by atoms with van der Waals surface area (Å²) in [6.45, 7) is 20.4. The number of hydrogen-bond donors (Lipinski definition) is 0. The van der Waals surface area contributed by atoms with Crippen molar-refractivity contribution in [1.82, 2.24) is 0 Å². The average Bonchev–Trinajstić information content (AvgIpc) is 3.03. The standard InChI is InChI=1S/C28H48O2Si/c1-19(18-30-31(7,8)26(2,3)4)23-11-12-24-22-10-9-20-17-21(29)13-15-27(20,5)25(22)14-16-28(23,24)6/h17,19,22-25H,9-16,18H2,1-8H3/t19-,22-,23+,24-,25-,27-,28+/m0/s1. The van der Waals surface area contributed by atoms with E-state index in [-0.39, 0.29) is 5.04 Å². The van der Waals surface area contributed by atoms with Gasteiger partial charge in [0.1, 0.15) is 0 Å². The van der Waals surface area contributed by atoms with Crippen LogP contribution in [0.1, 0.15) is 92.9 Å². The van der Waals surface area contributed by atoms with Gasteiger partial charge in [-0.15, -0.1) is 0 Å². The van der Waals surface area contributed by atoms with Crippen LogP contribution in [0.2, 0.25) is 18.1 Å². The highest BCUT2D eigenvalue weighted by atomic mass is 28.4. The Kier molecular flexibility index (Phi) is 5.99. The molecule has 0 N–H and O–H groups in total. The third kappa shape index (κ3) is 3.84. The van der Waals surface area contributed by atoms with Crippen LogP contribution in [0, 0.1) is 40.4 Å². The Morgan fingerprint density at radius 1 is 1.06 bits per heavy atom. The molecule has 4 rings (SSSR count). The maximum absolute atomic E-state index is 12.1. The van der Waals surface area contributed by atoms with Crippen LogP contribution in [0.4, 0.5) is 0 Å². The first-order chi connectivity index (χ1) is 14.3. The fourth-order valence-corrected chi connectivity index (χ4v) is 9.32. The summed E-state index contributed by atoms with van der Waals surface area (Å²) >= 11 is 0. The van der Waals surface area contributed by atoms with E-state index in [9.17, 15) is 4.79 Å². The van der Waals surface area contributed by atoms with E-state index in [1.165, 1.54) is 44.1 Å². The van der Waals surface area contributed by atoms with Gasteiger partial charge in [0.15, 0.2) is 14.1 Å². The molecule has 0 bridgehead atoms. The van der Waals surface area contributed by atoms with Gasteiger partial charge in [-0.1, -0.05) is 47.1 Å². The predicted molar refractivity (Wildman–Crippen MR) is 133 cm³/mol. The molecule has 0 spiro atoms. The van der Waals surface area contributed by atoms with Crippen molar-refractivity contribution in [3.8, 4) is 0 Å². The zero-order valence-electron chi connectivity index (χ0n) is 21.6. The molecular weight excluding hydrogens is 396 g/mol. The molecule has 0 unspecified atom stereocenters. The molecule has 3 saturated carbocycles. The largest absolute Gasteiger partial charge is 0.417 e. The highest BCUT2D eigenvalue weighted by molar-refractivity contribution is 6.74. The van der Waals surface area contributed by atoms with Gasteiger partial charge in [0.25, 0.3) is 0 Å². The SMILES string of the molecule is C[C@@H](CO[Si](C)(C)C(C)(C)C)[C@H]1CC[C@H]2[C@@H]3CCC4=CC(=O)CC[C@]4(C)[C@H]3CC[C@]12C. The molecule has 0 amide bonds. The first-order valence-corrected chi connectivity index (χ1v) is 16.1. The molecule has 0 saturated heterocycles. The van der Waals surface area contributed by atoms with Gasteiger partial charge in [-0.05, 0) is 110 Å². The summed E-state index contributed by atoms with van der Waals surface area (Å²) in [4.78, 5) is 12.1. The third-order valence-electron chi connectivity index (χ3n) is 11.2. The summed E-state index contributed by atoms with van der Waals surface area (Å²) in [7, 11) is -1.68. The Morgan fingerprint density at radius 3 is 2.45 bits per heavy atom. The smallest absolute Gasteiger partial charge is 0.191 e. The van der Waals surface area contributed by atoms with E-state index in [1.807, 2.05) is 6.08 Å². The molecule has 7 atom stereocenters. The Bertz CT molecular complexity index is 747. The lowest BCUT2D eigenvalue weighted by Crippen LogP contribution is -2.51. The minimum atomic E-state index is -1.68. The summed E-state index contributed by atoms with van der Waals surface area (Å²) in [6.07, 6.45) is 12.0. The normalized spacial score (nSPS) is 41.8. The number of allylic oxidation sites excluding steroid dienone is 1. The van der Waals surface area contributed by atoms with Crippen LogP contribution in [0.15, 0.2) is 11.6 Å². The van der Waals surface area contributed by atoms with Gasteiger partial charge in [-0.3, -0.25) is 4.79 Å². The molecule has 0 aromatic carbocycles. The number of fused-ring (bicyclic) bond motifs is 5. The monoisotopic (exact) mass is 444 g/mol. The van der Waals surface area contributed by atoms with E-state index in [1.54, 1.807) is 0 Å². The maximum atomic E-state index is 12.1. The van der Waals surface area contributed by atoms with Crippen molar-refractivity contribution in [2.45, 2.75) is 111 Å². The zero-order chi connectivity index (χ0) is 22.8. The van der Waals surface area contributed by atoms with Crippen LogP contribution in [-0.2, 0) is 9.22 Å². The van der Waals surface area contributed by atoms with Crippen LogP contribution < -0.4 is 0 Å². The van der Waals surface area contributed by atoms with E-state index in [0.717, 1.165) is 43.1 Å². The minimum absolute atomic E-state index is 0.289. The van der Waals surface area contributed by atoms with E-state index in [0.29, 0.717) is 22.5 Å². The van der Waals surface area contributed by atoms with Crippen molar-refractivity contribution in [3.05, 3.63) is 11.6 Å². The second kappa shape index (κ2) is 7.83. The Hall–Kier alpha value is -0.413.